The molecular formula is C11H19NO5. The van der Waals surface area contributed by atoms with Crippen molar-refractivity contribution in [2.45, 2.75) is 13.2 Å². The van der Waals surface area contributed by atoms with E-state index in [2.05, 4.69) is 27.5 Å². The molecule has 0 aromatic heterocycles. The van der Waals surface area contributed by atoms with Crippen LogP contribution in [0.1, 0.15) is 6.92 Å². The number of nitrogens with zero attached hydrogens (tertiary/aromatic N) is 1. The van der Waals surface area contributed by atoms with Crippen LogP contribution >= 0.6 is 0 Å². The summed E-state index contributed by atoms with van der Waals surface area (Å²) in [5.74, 6) is -0.903. The van der Waals surface area contributed by atoms with Gasteiger partial charge in [-0.3, -0.25) is 0 Å². The zero-order valence-corrected chi connectivity index (χ0v) is 10.6. The van der Waals surface area contributed by atoms with Gasteiger partial charge in [-0.1, -0.05) is 13.2 Å². The summed E-state index contributed by atoms with van der Waals surface area (Å²) in [4.78, 5) is 25.1. The Morgan fingerprint density at radius 1 is 1.18 bits per heavy atom. The van der Waals surface area contributed by atoms with E-state index >= 15 is 0 Å². The van der Waals surface area contributed by atoms with Gasteiger partial charge < -0.3 is 14.3 Å². The molecule has 0 amide bonds. The average molecular weight is 245 g/mol. The first-order chi connectivity index (χ1) is 7.87. The Kier molecular flexibility index (Phi) is 11.3. The van der Waals surface area contributed by atoms with E-state index in [1.807, 2.05) is 0 Å². The minimum Gasteiger partial charge on any atom is -0.433 e. The molecule has 0 aliphatic carbocycles. The second-order valence-electron chi connectivity index (χ2n) is 2.87. The molecule has 0 N–H and O–H groups in total. The Morgan fingerprint density at radius 3 is 1.88 bits per heavy atom. The molecule has 0 rings (SSSR count). The maximum atomic E-state index is 10.4. The number of esters is 1. The van der Waals surface area contributed by atoms with Gasteiger partial charge in [-0.05, 0) is 6.92 Å². The third kappa shape index (κ3) is 14.3. The summed E-state index contributed by atoms with van der Waals surface area (Å²) in [6, 6.07) is 0. The lowest BCUT2D eigenvalue weighted by atomic mass is 10.6. The van der Waals surface area contributed by atoms with Gasteiger partial charge in [0.25, 0.3) is 0 Å². The summed E-state index contributed by atoms with van der Waals surface area (Å²) in [7, 11) is 4.71. The lowest BCUT2D eigenvalue weighted by molar-refractivity contribution is -0.171. The van der Waals surface area contributed by atoms with Crippen LogP contribution in [-0.2, 0) is 23.9 Å². The van der Waals surface area contributed by atoms with Crippen LogP contribution in [0.3, 0.4) is 0 Å². The fourth-order valence-electron chi connectivity index (χ4n) is 0.477. The van der Waals surface area contributed by atoms with Crippen LogP contribution in [0.25, 0.3) is 0 Å². The van der Waals surface area contributed by atoms with Crippen molar-refractivity contribution in [2.75, 3.05) is 21.2 Å². The number of methoxy groups -OCH3 is 1. The van der Waals surface area contributed by atoms with E-state index in [9.17, 15) is 9.59 Å². The highest BCUT2D eigenvalue weighted by molar-refractivity contribution is 5.81. The Hall–Kier alpha value is -1.66. The smallest absolute Gasteiger partial charge is 0.349 e. The average Bonchev–Trinajstić information content (AvgIpc) is 2.28. The summed E-state index contributed by atoms with van der Waals surface area (Å²) >= 11 is 0. The number of hydrogen-bond acceptors (Lipinski definition) is 6. The molecule has 1 atom stereocenters. The second kappa shape index (κ2) is 10.8. The molecule has 0 aliphatic heterocycles. The molecule has 0 saturated heterocycles. The molecule has 0 spiro atoms. The summed E-state index contributed by atoms with van der Waals surface area (Å²) in [6.07, 6.45) is 1.71. The lowest BCUT2D eigenvalue weighted by Crippen LogP contribution is -2.16. The zero-order valence-electron chi connectivity index (χ0n) is 10.6. The molecule has 6 nitrogen and oxygen atoms in total. The Morgan fingerprint density at radius 2 is 1.65 bits per heavy atom. The van der Waals surface area contributed by atoms with Gasteiger partial charge in [0.05, 0.1) is 0 Å². The van der Waals surface area contributed by atoms with Crippen LogP contribution in [0.4, 0.5) is 0 Å². The van der Waals surface area contributed by atoms with Crippen molar-refractivity contribution in [3.8, 4) is 0 Å². The first-order valence-corrected chi connectivity index (χ1v) is 4.74. The molecule has 0 aromatic rings. The summed E-state index contributed by atoms with van der Waals surface area (Å²) in [5.41, 5.74) is 0. The maximum Gasteiger partial charge on any atom is 0.349 e. The highest BCUT2D eigenvalue weighted by atomic mass is 16.7. The topological polar surface area (TPSA) is 65.1 Å². The van der Waals surface area contributed by atoms with Crippen LogP contribution in [0.5, 0.6) is 0 Å². The number of carbonyl (C=O) groups is 2. The van der Waals surface area contributed by atoms with E-state index in [4.69, 9.17) is 0 Å². The molecular weight excluding hydrogens is 226 g/mol. The van der Waals surface area contributed by atoms with E-state index < -0.39 is 18.2 Å². The Labute approximate surface area is 101 Å². The Bertz CT molecular complexity index is 263. The molecule has 0 fully saturated rings. The molecule has 0 bridgehead atoms. The molecule has 0 aromatic carbocycles. The zero-order chi connectivity index (χ0) is 13.8. The standard InChI is InChI=1S/C6H10O3.C5H9NO2/c1-4-6(7)9-5(2)8-3;1-4-5(7)8-6(2)3/h4-5H,1H2,2-3H3;4H,1H2,2-3H3. The maximum absolute atomic E-state index is 10.4. The highest BCUT2D eigenvalue weighted by Gasteiger charge is 2.01. The van der Waals surface area contributed by atoms with Crippen molar-refractivity contribution in [1.29, 1.82) is 0 Å². The molecule has 0 radical (unpaired) electrons. The summed E-state index contributed by atoms with van der Waals surface area (Å²) in [5, 5.41) is 1.31. The Balaban J connectivity index is 0. The van der Waals surface area contributed by atoms with Crippen molar-refractivity contribution < 1.29 is 23.9 Å². The van der Waals surface area contributed by atoms with Gasteiger partial charge in [-0.15, -0.1) is 5.06 Å². The van der Waals surface area contributed by atoms with E-state index in [1.165, 1.54) is 12.2 Å². The number of carbonyl (C=O) groups excluding carboxylic acids is 2. The molecule has 98 valence electrons. The van der Waals surface area contributed by atoms with E-state index in [0.717, 1.165) is 12.2 Å². The van der Waals surface area contributed by atoms with E-state index in [1.54, 1.807) is 21.0 Å². The largest absolute Gasteiger partial charge is 0.433 e. The quantitative estimate of drug-likeness (QED) is 0.310. The van der Waals surface area contributed by atoms with E-state index in [-0.39, 0.29) is 0 Å². The molecule has 0 heterocycles. The number of ether oxygens (including phenoxy) is 2. The van der Waals surface area contributed by atoms with Gasteiger partial charge in [0.15, 0.2) is 6.29 Å². The SMILES string of the molecule is C=CC(=O)OC(C)OC.C=CC(=O)ON(C)C. The molecule has 0 saturated carbocycles. The lowest BCUT2D eigenvalue weighted by Gasteiger charge is -2.07. The first kappa shape index (κ1) is 17.7. The number of hydrogen-bond donors (Lipinski definition) is 0. The van der Waals surface area contributed by atoms with Crippen LogP contribution in [0.15, 0.2) is 25.3 Å². The fourth-order valence-corrected chi connectivity index (χ4v) is 0.477. The fraction of sp³-hybridized carbons (Fsp3) is 0.455. The van der Waals surface area contributed by atoms with Crippen LogP contribution in [-0.4, -0.2) is 44.5 Å². The van der Waals surface area contributed by atoms with Crippen molar-refractivity contribution in [3.63, 3.8) is 0 Å². The molecule has 6 heteroatoms. The van der Waals surface area contributed by atoms with Gasteiger partial charge in [0, 0.05) is 33.4 Å². The third-order valence-electron chi connectivity index (χ3n) is 1.22. The van der Waals surface area contributed by atoms with Gasteiger partial charge in [-0.2, -0.15) is 0 Å². The number of hydroxylamine groups is 2. The summed E-state index contributed by atoms with van der Waals surface area (Å²) < 4.78 is 9.20. The van der Waals surface area contributed by atoms with Crippen molar-refractivity contribution in [3.05, 3.63) is 25.3 Å². The third-order valence-corrected chi connectivity index (χ3v) is 1.22. The van der Waals surface area contributed by atoms with Crippen molar-refractivity contribution in [2.24, 2.45) is 0 Å². The van der Waals surface area contributed by atoms with Crippen molar-refractivity contribution >= 4 is 11.9 Å². The van der Waals surface area contributed by atoms with Crippen LogP contribution in [0.2, 0.25) is 0 Å². The first-order valence-electron chi connectivity index (χ1n) is 4.74. The molecule has 1 unspecified atom stereocenters. The monoisotopic (exact) mass is 245 g/mol. The van der Waals surface area contributed by atoms with Gasteiger partial charge in [-0.25, -0.2) is 9.59 Å². The number of rotatable bonds is 5. The van der Waals surface area contributed by atoms with Crippen LogP contribution in [0, 0.1) is 0 Å². The minimum atomic E-state index is -0.490. The summed E-state index contributed by atoms with van der Waals surface area (Å²) in [6.45, 7) is 8.06. The van der Waals surface area contributed by atoms with Gasteiger partial charge in [0.1, 0.15) is 0 Å². The van der Waals surface area contributed by atoms with E-state index in [0.29, 0.717) is 0 Å². The van der Waals surface area contributed by atoms with Gasteiger partial charge in [0.2, 0.25) is 0 Å². The molecule has 17 heavy (non-hydrogen) atoms. The second-order valence-corrected chi connectivity index (χ2v) is 2.87. The predicted octanol–water partition coefficient (Wildman–Crippen LogP) is 0.900. The highest BCUT2D eigenvalue weighted by Crippen LogP contribution is 1.90. The normalized spacial score (nSPS) is 10.6. The predicted molar refractivity (Wildman–Crippen MR) is 62.7 cm³/mol. The minimum absolute atomic E-state index is 0.435. The van der Waals surface area contributed by atoms with Crippen LogP contribution < -0.4 is 0 Å². The van der Waals surface area contributed by atoms with Gasteiger partial charge >= 0.3 is 11.9 Å². The van der Waals surface area contributed by atoms with Crippen molar-refractivity contribution in [1.82, 2.24) is 5.06 Å². The molecule has 0 aliphatic rings.